The molecule has 0 amide bonds. The first-order valence-electron chi connectivity index (χ1n) is 6.34. The highest BCUT2D eigenvalue weighted by atomic mass is 16.5. The van der Waals surface area contributed by atoms with E-state index in [9.17, 15) is 9.90 Å². The van der Waals surface area contributed by atoms with E-state index in [1.165, 1.54) is 7.11 Å². The van der Waals surface area contributed by atoms with Gasteiger partial charge >= 0.3 is 5.97 Å². The van der Waals surface area contributed by atoms with Crippen LogP contribution in [0.3, 0.4) is 0 Å². The van der Waals surface area contributed by atoms with Crippen molar-refractivity contribution in [3.8, 4) is 0 Å². The number of methoxy groups -OCH3 is 1. The van der Waals surface area contributed by atoms with E-state index in [1.807, 2.05) is 6.92 Å². The quantitative estimate of drug-likeness (QED) is 0.652. The Morgan fingerprint density at radius 2 is 1.88 bits per heavy atom. The Hall–Kier alpha value is -0.570. The third-order valence-electron chi connectivity index (χ3n) is 3.11. The van der Waals surface area contributed by atoms with Crippen LogP contribution in [0.15, 0.2) is 0 Å². The molecule has 0 aromatic heterocycles. The Morgan fingerprint density at radius 1 is 1.25 bits per heavy atom. The fourth-order valence-corrected chi connectivity index (χ4v) is 2.03. The largest absolute Gasteiger partial charge is 0.469 e. The Balaban J connectivity index is 4.41. The molecule has 3 nitrogen and oxygen atoms in total. The van der Waals surface area contributed by atoms with Gasteiger partial charge in [0.05, 0.1) is 19.1 Å². The van der Waals surface area contributed by atoms with Gasteiger partial charge in [0.2, 0.25) is 0 Å². The number of esters is 1. The van der Waals surface area contributed by atoms with Gasteiger partial charge in [0.25, 0.3) is 0 Å². The van der Waals surface area contributed by atoms with Crippen molar-refractivity contribution in [2.45, 2.75) is 59.0 Å². The maximum atomic E-state index is 11.6. The van der Waals surface area contributed by atoms with Crippen molar-refractivity contribution >= 4 is 5.97 Å². The van der Waals surface area contributed by atoms with E-state index in [2.05, 4.69) is 13.8 Å². The zero-order chi connectivity index (χ0) is 12.6. The summed E-state index contributed by atoms with van der Waals surface area (Å²) in [5.74, 6) is -0.471. The average molecular weight is 230 g/mol. The van der Waals surface area contributed by atoms with Crippen molar-refractivity contribution in [2.24, 2.45) is 11.8 Å². The molecule has 0 aliphatic heterocycles. The van der Waals surface area contributed by atoms with Gasteiger partial charge in [0, 0.05) is 0 Å². The molecule has 96 valence electrons. The van der Waals surface area contributed by atoms with Crippen LogP contribution in [0.25, 0.3) is 0 Å². The zero-order valence-corrected chi connectivity index (χ0v) is 11.0. The number of aliphatic hydroxyl groups is 1. The lowest BCUT2D eigenvalue weighted by atomic mass is 9.86. The minimum absolute atomic E-state index is 0.158. The highest BCUT2D eigenvalue weighted by molar-refractivity contribution is 5.72. The molecule has 0 bridgehead atoms. The third-order valence-corrected chi connectivity index (χ3v) is 3.11. The molecule has 0 spiro atoms. The van der Waals surface area contributed by atoms with E-state index in [0.29, 0.717) is 0 Å². The summed E-state index contributed by atoms with van der Waals surface area (Å²) >= 11 is 0. The standard InChI is InChI=1S/C13H26O3/c1-5-7-9-11(13(15)16-4)12(14)10(3)8-6-2/h10-12,14H,5-9H2,1-4H3. The van der Waals surface area contributed by atoms with Gasteiger partial charge in [-0.3, -0.25) is 4.79 Å². The SMILES string of the molecule is CCCCC(C(=O)OC)C(O)C(C)CCC. The number of rotatable bonds is 8. The van der Waals surface area contributed by atoms with Crippen molar-refractivity contribution in [2.75, 3.05) is 7.11 Å². The van der Waals surface area contributed by atoms with Gasteiger partial charge in [0.15, 0.2) is 0 Å². The first-order valence-corrected chi connectivity index (χ1v) is 6.34. The van der Waals surface area contributed by atoms with Crippen molar-refractivity contribution in [1.29, 1.82) is 0 Å². The summed E-state index contributed by atoms with van der Waals surface area (Å²) in [4.78, 5) is 11.6. The molecule has 3 atom stereocenters. The molecular formula is C13H26O3. The molecule has 0 aliphatic rings. The van der Waals surface area contributed by atoms with Gasteiger partial charge in [-0.15, -0.1) is 0 Å². The van der Waals surface area contributed by atoms with Gasteiger partial charge in [0.1, 0.15) is 0 Å². The molecule has 0 radical (unpaired) electrons. The van der Waals surface area contributed by atoms with Gasteiger partial charge in [-0.25, -0.2) is 0 Å². The number of hydrogen-bond donors (Lipinski definition) is 1. The molecule has 0 rings (SSSR count). The number of hydrogen-bond acceptors (Lipinski definition) is 3. The summed E-state index contributed by atoms with van der Waals surface area (Å²) in [6.07, 6.45) is 4.11. The van der Waals surface area contributed by atoms with Gasteiger partial charge in [-0.1, -0.05) is 40.0 Å². The van der Waals surface area contributed by atoms with Crippen LogP contribution >= 0.6 is 0 Å². The normalized spacial score (nSPS) is 16.6. The number of carbonyl (C=O) groups is 1. The zero-order valence-electron chi connectivity index (χ0n) is 11.0. The Kier molecular flexibility index (Phi) is 8.26. The smallest absolute Gasteiger partial charge is 0.311 e. The van der Waals surface area contributed by atoms with Gasteiger partial charge < -0.3 is 9.84 Å². The Labute approximate surface area is 99.2 Å². The lowest BCUT2D eigenvalue weighted by molar-refractivity contribution is -0.151. The van der Waals surface area contributed by atoms with E-state index in [1.54, 1.807) is 0 Å². The van der Waals surface area contributed by atoms with Crippen molar-refractivity contribution in [3.05, 3.63) is 0 Å². The summed E-state index contributed by atoms with van der Waals surface area (Å²) in [6.45, 7) is 6.16. The van der Waals surface area contributed by atoms with Crippen LogP contribution < -0.4 is 0 Å². The minimum Gasteiger partial charge on any atom is -0.469 e. The van der Waals surface area contributed by atoms with E-state index in [4.69, 9.17) is 4.74 Å². The first-order chi connectivity index (χ1) is 7.58. The highest BCUT2D eigenvalue weighted by Gasteiger charge is 2.30. The monoisotopic (exact) mass is 230 g/mol. The molecule has 3 unspecified atom stereocenters. The molecule has 0 aliphatic carbocycles. The number of ether oxygens (including phenoxy) is 1. The van der Waals surface area contributed by atoms with Crippen molar-refractivity contribution in [1.82, 2.24) is 0 Å². The van der Waals surface area contributed by atoms with Crippen molar-refractivity contribution in [3.63, 3.8) is 0 Å². The van der Waals surface area contributed by atoms with Crippen LogP contribution in [-0.2, 0) is 9.53 Å². The minimum atomic E-state index is -0.570. The number of carbonyl (C=O) groups excluding carboxylic acids is 1. The van der Waals surface area contributed by atoms with Crippen molar-refractivity contribution < 1.29 is 14.6 Å². The number of unbranched alkanes of at least 4 members (excludes halogenated alkanes) is 1. The second kappa shape index (κ2) is 8.57. The summed E-state index contributed by atoms with van der Waals surface area (Å²) < 4.78 is 4.76. The predicted molar refractivity (Wildman–Crippen MR) is 65.1 cm³/mol. The summed E-state index contributed by atoms with van der Waals surface area (Å²) in [5, 5.41) is 10.1. The van der Waals surface area contributed by atoms with E-state index >= 15 is 0 Å². The fourth-order valence-electron chi connectivity index (χ4n) is 2.03. The first kappa shape index (κ1) is 15.4. The fraction of sp³-hybridized carbons (Fsp3) is 0.923. The number of aliphatic hydroxyl groups excluding tert-OH is 1. The second-order valence-electron chi connectivity index (χ2n) is 4.53. The second-order valence-corrected chi connectivity index (χ2v) is 4.53. The van der Waals surface area contributed by atoms with Crippen LogP contribution in [0, 0.1) is 11.8 Å². The van der Waals surface area contributed by atoms with E-state index in [-0.39, 0.29) is 17.8 Å². The molecule has 0 saturated carbocycles. The van der Waals surface area contributed by atoms with Gasteiger partial charge in [-0.05, 0) is 18.8 Å². The molecule has 0 fully saturated rings. The Bertz CT molecular complexity index is 192. The summed E-state index contributed by atoms with van der Waals surface area (Å²) in [7, 11) is 1.39. The lowest BCUT2D eigenvalue weighted by Gasteiger charge is -2.25. The lowest BCUT2D eigenvalue weighted by Crippen LogP contribution is -2.34. The molecule has 0 aromatic rings. The van der Waals surface area contributed by atoms with Gasteiger partial charge in [-0.2, -0.15) is 0 Å². The average Bonchev–Trinajstić information content (AvgIpc) is 2.29. The molecule has 0 heterocycles. The molecule has 1 N–H and O–H groups in total. The van der Waals surface area contributed by atoms with E-state index < -0.39 is 6.10 Å². The molecular weight excluding hydrogens is 204 g/mol. The van der Waals surface area contributed by atoms with Crippen LogP contribution in [0.4, 0.5) is 0 Å². The van der Waals surface area contributed by atoms with Crippen LogP contribution in [0.5, 0.6) is 0 Å². The molecule has 0 aromatic carbocycles. The van der Waals surface area contributed by atoms with Crippen LogP contribution in [0.2, 0.25) is 0 Å². The summed E-state index contributed by atoms with van der Waals surface area (Å²) in [6, 6.07) is 0. The highest BCUT2D eigenvalue weighted by Crippen LogP contribution is 2.23. The van der Waals surface area contributed by atoms with Crippen LogP contribution in [0.1, 0.15) is 52.9 Å². The molecule has 3 heteroatoms. The third kappa shape index (κ3) is 4.97. The topological polar surface area (TPSA) is 46.5 Å². The van der Waals surface area contributed by atoms with E-state index in [0.717, 1.165) is 32.1 Å². The summed E-state index contributed by atoms with van der Waals surface area (Å²) in [5.41, 5.74) is 0. The molecule has 16 heavy (non-hydrogen) atoms. The van der Waals surface area contributed by atoms with Crippen LogP contribution in [-0.4, -0.2) is 24.3 Å². The maximum absolute atomic E-state index is 11.6. The maximum Gasteiger partial charge on any atom is 0.311 e. The Morgan fingerprint density at radius 3 is 2.31 bits per heavy atom. The molecule has 0 saturated heterocycles. The predicted octanol–water partition coefficient (Wildman–Crippen LogP) is 2.76.